The number of carbonyl (C=O) groups excluding carboxylic acids is 2. The Balaban J connectivity index is 2.80. The fourth-order valence-electron chi connectivity index (χ4n) is 2.44. The van der Waals surface area contributed by atoms with E-state index in [0.717, 1.165) is 5.57 Å². The van der Waals surface area contributed by atoms with Gasteiger partial charge in [0.25, 0.3) is 0 Å². The molecule has 0 fully saturated rings. The lowest BCUT2D eigenvalue weighted by molar-refractivity contribution is -0.117. The number of carbonyl (C=O) groups is 2. The lowest BCUT2D eigenvalue weighted by atomic mass is 10.1. The Labute approximate surface area is 186 Å². The molecule has 1 rings (SSSR count). The van der Waals surface area contributed by atoms with Gasteiger partial charge in [0, 0.05) is 19.0 Å². The molecule has 0 spiro atoms. The van der Waals surface area contributed by atoms with Crippen LogP contribution in [0.25, 0.3) is 0 Å². The minimum atomic E-state index is -0.708. The molecule has 0 aliphatic carbocycles. The maximum absolute atomic E-state index is 11.9. The average Bonchev–Trinajstić information content (AvgIpc) is 2.73. The quantitative estimate of drug-likeness (QED) is 0.589. The summed E-state index contributed by atoms with van der Waals surface area (Å²) in [5, 5.41) is 12.9. The van der Waals surface area contributed by atoms with E-state index in [2.05, 4.69) is 5.32 Å². The van der Waals surface area contributed by atoms with Crippen molar-refractivity contribution in [2.75, 3.05) is 6.54 Å². The Morgan fingerprint density at radius 1 is 0.806 bits per heavy atom. The van der Waals surface area contributed by atoms with Crippen LogP contribution in [0.1, 0.15) is 26.7 Å². The van der Waals surface area contributed by atoms with Crippen LogP contribution in [0.15, 0.2) is 109 Å². The highest BCUT2D eigenvalue weighted by molar-refractivity contribution is 5.90. The first-order chi connectivity index (χ1) is 15.0. The van der Waals surface area contributed by atoms with E-state index < -0.39 is 6.10 Å². The first-order valence-corrected chi connectivity index (χ1v) is 10.5. The highest BCUT2D eigenvalue weighted by Gasteiger charge is 2.06. The fraction of sp³-hybridized carbons (Fsp3) is 0.259. The van der Waals surface area contributed by atoms with Gasteiger partial charge < -0.3 is 10.4 Å². The Kier molecular flexibility index (Phi) is 13.8. The number of amides is 1. The lowest BCUT2D eigenvalue weighted by Gasteiger charge is -2.05. The highest BCUT2D eigenvalue weighted by Crippen LogP contribution is 2.05. The number of hydrogen-bond donors (Lipinski definition) is 2. The van der Waals surface area contributed by atoms with E-state index in [4.69, 9.17) is 0 Å². The third-order valence-electron chi connectivity index (χ3n) is 4.19. The molecule has 0 saturated heterocycles. The molecule has 0 bridgehead atoms. The molecule has 164 valence electrons. The summed E-state index contributed by atoms with van der Waals surface area (Å²) < 4.78 is 0. The van der Waals surface area contributed by atoms with Crippen molar-refractivity contribution in [3.8, 4) is 0 Å². The summed E-state index contributed by atoms with van der Waals surface area (Å²) in [6.07, 6.45) is 30.6. The highest BCUT2D eigenvalue weighted by atomic mass is 16.3. The van der Waals surface area contributed by atoms with Gasteiger partial charge in [0.1, 0.15) is 0 Å². The van der Waals surface area contributed by atoms with Crippen molar-refractivity contribution in [1.29, 1.82) is 0 Å². The number of rotatable bonds is 0. The fourth-order valence-corrected chi connectivity index (χ4v) is 2.44. The molecule has 1 aliphatic heterocycles. The molecule has 4 heteroatoms. The van der Waals surface area contributed by atoms with E-state index in [1.807, 2.05) is 80.7 Å². The predicted octanol–water partition coefficient (Wildman–Crippen LogP) is 4.86. The van der Waals surface area contributed by atoms with Crippen molar-refractivity contribution >= 4 is 11.7 Å². The van der Waals surface area contributed by atoms with Crippen molar-refractivity contribution in [2.24, 2.45) is 5.92 Å². The van der Waals surface area contributed by atoms with Crippen LogP contribution in [-0.4, -0.2) is 29.4 Å². The Morgan fingerprint density at radius 3 is 2.03 bits per heavy atom. The van der Waals surface area contributed by atoms with Crippen LogP contribution < -0.4 is 5.32 Å². The van der Waals surface area contributed by atoms with E-state index in [0.29, 0.717) is 13.0 Å². The van der Waals surface area contributed by atoms with Gasteiger partial charge in [0.15, 0.2) is 5.78 Å². The summed E-state index contributed by atoms with van der Waals surface area (Å²) in [6, 6.07) is 0. The van der Waals surface area contributed by atoms with Crippen molar-refractivity contribution in [3.63, 3.8) is 0 Å². The standard InChI is InChI=1S/C27H33NO3/c1-23-15-11-9-10-14-18-27(31)28-22-24(2)16-12-7-5-3-4-6-8-13-17-25(29)21-26(30)20-19-23/h3-19,24,26,30H,20-22H2,1-2H3,(H,28,31)/t24-,26-/m1/s1. The molecule has 1 amide bonds. The van der Waals surface area contributed by atoms with Gasteiger partial charge in [-0.05, 0) is 25.3 Å². The van der Waals surface area contributed by atoms with Crippen LogP contribution in [0, 0.1) is 5.92 Å². The smallest absolute Gasteiger partial charge is 0.243 e. The van der Waals surface area contributed by atoms with E-state index in [9.17, 15) is 14.7 Å². The van der Waals surface area contributed by atoms with Gasteiger partial charge >= 0.3 is 0 Å². The van der Waals surface area contributed by atoms with Gasteiger partial charge in [-0.1, -0.05) is 104 Å². The van der Waals surface area contributed by atoms with Crippen LogP contribution in [0.3, 0.4) is 0 Å². The molecule has 1 heterocycles. The zero-order chi connectivity index (χ0) is 22.7. The second-order valence-corrected chi connectivity index (χ2v) is 7.23. The molecule has 1 aliphatic rings. The zero-order valence-electron chi connectivity index (χ0n) is 18.4. The molecule has 0 saturated carbocycles. The minimum Gasteiger partial charge on any atom is -0.392 e. The summed E-state index contributed by atoms with van der Waals surface area (Å²) in [7, 11) is 0. The molecule has 0 aromatic heterocycles. The van der Waals surface area contributed by atoms with Gasteiger partial charge in [0.2, 0.25) is 5.91 Å². The Morgan fingerprint density at radius 2 is 1.35 bits per heavy atom. The predicted molar refractivity (Wildman–Crippen MR) is 129 cm³/mol. The molecule has 2 atom stereocenters. The molecule has 2 N–H and O–H groups in total. The van der Waals surface area contributed by atoms with Gasteiger partial charge in [0.05, 0.1) is 6.10 Å². The minimum absolute atomic E-state index is 0.0912. The molecule has 31 heavy (non-hydrogen) atoms. The van der Waals surface area contributed by atoms with Crippen molar-refractivity contribution in [3.05, 3.63) is 109 Å². The molecule has 4 nitrogen and oxygen atoms in total. The monoisotopic (exact) mass is 419 g/mol. The largest absolute Gasteiger partial charge is 0.392 e. The molecule has 0 aromatic rings. The van der Waals surface area contributed by atoms with Crippen LogP contribution in [-0.2, 0) is 9.59 Å². The number of hydrogen-bond acceptors (Lipinski definition) is 3. The lowest BCUT2D eigenvalue weighted by Crippen LogP contribution is -2.25. The molecular weight excluding hydrogens is 386 g/mol. The van der Waals surface area contributed by atoms with Crippen molar-refractivity contribution in [1.82, 2.24) is 5.32 Å². The van der Waals surface area contributed by atoms with E-state index in [1.165, 1.54) is 12.2 Å². The van der Waals surface area contributed by atoms with Crippen LogP contribution in [0.5, 0.6) is 0 Å². The average molecular weight is 420 g/mol. The topological polar surface area (TPSA) is 66.4 Å². The van der Waals surface area contributed by atoms with Crippen molar-refractivity contribution < 1.29 is 14.7 Å². The van der Waals surface area contributed by atoms with Gasteiger partial charge in [-0.3, -0.25) is 9.59 Å². The van der Waals surface area contributed by atoms with E-state index >= 15 is 0 Å². The zero-order valence-corrected chi connectivity index (χ0v) is 18.4. The third kappa shape index (κ3) is 15.3. The second-order valence-electron chi connectivity index (χ2n) is 7.23. The molecule has 0 radical (unpaired) electrons. The summed E-state index contributed by atoms with van der Waals surface area (Å²) >= 11 is 0. The van der Waals surface area contributed by atoms with Crippen LogP contribution in [0.4, 0.5) is 0 Å². The van der Waals surface area contributed by atoms with E-state index in [1.54, 1.807) is 24.3 Å². The maximum Gasteiger partial charge on any atom is 0.243 e. The second kappa shape index (κ2) is 16.5. The van der Waals surface area contributed by atoms with E-state index in [-0.39, 0.29) is 24.0 Å². The maximum atomic E-state index is 11.9. The first kappa shape index (κ1) is 25.8. The number of allylic oxidation sites excluding steroid dienone is 15. The number of nitrogens with one attached hydrogen (secondary N) is 1. The van der Waals surface area contributed by atoms with Gasteiger partial charge in [-0.2, -0.15) is 0 Å². The van der Waals surface area contributed by atoms with Gasteiger partial charge in [-0.25, -0.2) is 0 Å². The number of aliphatic hydroxyl groups excluding tert-OH is 1. The number of aliphatic hydroxyl groups is 1. The summed E-state index contributed by atoms with van der Waals surface area (Å²) in [4.78, 5) is 23.7. The first-order valence-electron chi connectivity index (χ1n) is 10.5. The SMILES string of the molecule is CC1=CC[C@@H](O)CC(=O)C=CC=CC=CC=CC=C[C@@H](C)CNC(=O)C=CC=CC=C1. The Bertz CT molecular complexity index is 833. The summed E-state index contributed by atoms with van der Waals surface area (Å²) in [5.74, 6) is -0.0183. The van der Waals surface area contributed by atoms with Crippen molar-refractivity contribution in [2.45, 2.75) is 32.8 Å². The summed E-state index contributed by atoms with van der Waals surface area (Å²) in [5.41, 5.74) is 0.987. The van der Waals surface area contributed by atoms with Crippen LogP contribution >= 0.6 is 0 Å². The normalized spacial score (nSPS) is 22.5. The Hall–Kier alpha value is -3.24. The molecular formula is C27H33NO3. The van der Waals surface area contributed by atoms with Gasteiger partial charge in [-0.15, -0.1) is 0 Å². The van der Waals surface area contributed by atoms with Crippen LogP contribution in [0.2, 0.25) is 0 Å². The summed E-state index contributed by atoms with van der Waals surface area (Å²) in [6.45, 7) is 4.53. The third-order valence-corrected chi connectivity index (χ3v) is 4.19. The molecule has 0 aromatic carbocycles. The number of ketones is 1. The molecule has 0 unspecified atom stereocenters.